The molecule has 4 heteroatoms. The van der Waals surface area contributed by atoms with Crippen LogP contribution in [-0.4, -0.2) is 23.7 Å². The lowest BCUT2D eigenvalue weighted by atomic mass is 9.82. The molecule has 1 aliphatic heterocycles. The fourth-order valence-electron chi connectivity index (χ4n) is 2.94. The lowest BCUT2D eigenvalue weighted by molar-refractivity contribution is 0.295. The van der Waals surface area contributed by atoms with Crippen LogP contribution in [0.1, 0.15) is 12.5 Å². The van der Waals surface area contributed by atoms with Crippen LogP contribution in [0.3, 0.4) is 0 Å². The van der Waals surface area contributed by atoms with Crippen molar-refractivity contribution in [2.45, 2.75) is 12.5 Å². The van der Waals surface area contributed by atoms with Crippen LogP contribution in [-0.2, 0) is 0 Å². The van der Waals surface area contributed by atoms with Crippen LogP contribution >= 0.6 is 0 Å². The lowest BCUT2D eigenvalue weighted by Crippen LogP contribution is -2.46. The molecule has 142 valence electrons. The van der Waals surface area contributed by atoms with E-state index in [1.807, 2.05) is 55.4 Å². The van der Waals surface area contributed by atoms with Crippen LogP contribution in [0, 0.1) is 12.3 Å². The van der Waals surface area contributed by atoms with Crippen molar-refractivity contribution < 1.29 is 0 Å². The molecule has 4 nitrogen and oxygen atoms in total. The molecule has 0 spiro atoms. The van der Waals surface area contributed by atoms with Gasteiger partial charge in [0.2, 0.25) is 0 Å². The number of nitrogens with two attached hydrogens (primary N) is 1. The number of hydrogen-bond acceptors (Lipinski definition) is 4. The number of para-hydroxylation sites is 1. The Labute approximate surface area is 167 Å². The van der Waals surface area contributed by atoms with Gasteiger partial charge in [0.15, 0.2) is 0 Å². The van der Waals surface area contributed by atoms with Gasteiger partial charge in [-0.1, -0.05) is 43.9 Å². The highest BCUT2D eigenvalue weighted by molar-refractivity contribution is 5.72. The molecule has 0 aliphatic carbocycles. The summed E-state index contributed by atoms with van der Waals surface area (Å²) in [6.07, 6.45) is 16.4. The van der Waals surface area contributed by atoms with Gasteiger partial charge >= 0.3 is 0 Å². The number of benzene rings is 1. The van der Waals surface area contributed by atoms with E-state index in [0.29, 0.717) is 5.70 Å². The zero-order valence-corrected chi connectivity index (χ0v) is 16.4. The maximum atomic E-state index is 5.97. The van der Waals surface area contributed by atoms with E-state index < -0.39 is 5.54 Å². The smallest absolute Gasteiger partial charge is 0.102 e. The maximum absolute atomic E-state index is 5.97. The van der Waals surface area contributed by atoms with Crippen LogP contribution in [0.15, 0.2) is 102 Å². The highest BCUT2D eigenvalue weighted by atomic mass is 15.2. The van der Waals surface area contributed by atoms with Crippen LogP contribution in [0.5, 0.6) is 0 Å². The minimum atomic E-state index is -0.700. The molecular weight excluding hydrogens is 344 g/mol. The zero-order valence-electron chi connectivity index (χ0n) is 16.4. The Hall–Kier alpha value is -3.71. The predicted molar refractivity (Wildman–Crippen MR) is 121 cm³/mol. The van der Waals surface area contributed by atoms with Gasteiger partial charge in [0.05, 0.1) is 5.69 Å². The highest BCUT2D eigenvalue weighted by Gasteiger charge is 2.37. The van der Waals surface area contributed by atoms with E-state index >= 15 is 0 Å². The SMILES string of the molecule is C#Cc1ccccc1N/C(=C\C(=C)N)C1(C)C(=C)\C(C=C)=C/N=C\C=C/N1C. The first-order chi connectivity index (χ1) is 13.3. The van der Waals surface area contributed by atoms with Crippen molar-refractivity contribution in [1.82, 2.24) is 4.90 Å². The first-order valence-electron chi connectivity index (χ1n) is 8.79. The minimum absolute atomic E-state index is 0.410. The molecule has 1 heterocycles. The Bertz CT molecular complexity index is 953. The van der Waals surface area contributed by atoms with Gasteiger partial charge in [0.25, 0.3) is 0 Å². The summed E-state index contributed by atoms with van der Waals surface area (Å²) >= 11 is 0. The molecule has 1 atom stereocenters. The van der Waals surface area contributed by atoms with Crippen molar-refractivity contribution in [2.24, 2.45) is 10.7 Å². The molecule has 0 aromatic heterocycles. The number of allylic oxidation sites excluding steroid dienone is 3. The molecular formula is C24H26N4. The van der Waals surface area contributed by atoms with Crippen molar-refractivity contribution >= 4 is 11.9 Å². The zero-order chi connectivity index (χ0) is 20.7. The topological polar surface area (TPSA) is 53.6 Å². The summed E-state index contributed by atoms with van der Waals surface area (Å²) in [5.41, 5.74) is 9.60. The molecule has 1 aromatic rings. The van der Waals surface area contributed by atoms with Crippen LogP contribution in [0.2, 0.25) is 0 Å². The summed E-state index contributed by atoms with van der Waals surface area (Å²) in [5, 5.41) is 3.45. The number of rotatable bonds is 5. The summed E-state index contributed by atoms with van der Waals surface area (Å²) in [6.45, 7) is 14.1. The second-order valence-corrected chi connectivity index (χ2v) is 6.54. The number of aliphatic imine (C=N–C) groups is 1. The first-order valence-corrected chi connectivity index (χ1v) is 8.79. The summed E-state index contributed by atoms with van der Waals surface area (Å²) in [6, 6.07) is 7.62. The molecule has 0 saturated heterocycles. The predicted octanol–water partition coefficient (Wildman–Crippen LogP) is 4.35. The van der Waals surface area contributed by atoms with E-state index in [1.165, 1.54) is 0 Å². The molecule has 0 bridgehead atoms. The quantitative estimate of drug-likeness (QED) is 0.598. The number of terminal acetylenes is 1. The maximum Gasteiger partial charge on any atom is 0.102 e. The van der Waals surface area contributed by atoms with E-state index in [1.54, 1.807) is 24.6 Å². The average molecular weight is 371 g/mol. The number of likely N-dealkylation sites (N-methyl/N-ethyl adjacent to an activating group) is 1. The van der Waals surface area contributed by atoms with Gasteiger partial charge in [0, 0.05) is 42.6 Å². The Balaban J connectivity index is 2.68. The Kier molecular flexibility index (Phi) is 6.46. The lowest BCUT2D eigenvalue weighted by Gasteiger charge is -2.42. The number of nitrogens with one attached hydrogen (secondary N) is 1. The van der Waals surface area contributed by atoms with Crippen molar-refractivity contribution in [3.63, 3.8) is 0 Å². The third kappa shape index (κ3) is 4.16. The number of hydrogen-bond donors (Lipinski definition) is 2. The van der Waals surface area contributed by atoms with E-state index in [-0.39, 0.29) is 0 Å². The monoisotopic (exact) mass is 370 g/mol. The summed E-state index contributed by atoms with van der Waals surface area (Å²) in [5.74, 6) is 2.70. The molecule has 2 rings (SSSR count). The Morgan fingerprint density at radius 2 is 2.11 bits per heavy atom. The minimum Gasteiger partial charge on any atom is -0.399 e. The van der Waals surface area contributed by atoms with Gasteiger partial charge in [-0.25, -0.2) is 0 Å². The third-order valence-electron chi connectivity index (χ3n) is 4.76. The largest absolute Gasteiger partial charge is 0.399 e. The van der Waals surface area contributed by atoms with E-state index in [2.05, 4.69) is 36.0 Å². The summed E-state index contributed by atoms with van der Waals surface area (Å²) < 4.78 is 0. The fraction of sp³-hybridized carbons (Fsp3) is 0.125. The second kappa shape index (κ2) is 8.79. The molecule has 0 saturated carbocycles. The first kappa shape index (κ1) is 20.6. The molecule has 0 fully saturated rings. The van der Waals surface area contributed by atoms with E-state index in [0.717, 1.165) is 28.1 Å². The normalized spacial score (nSPS) is 23.9. The summed E-state index contributed by atoms with van der Waals surface area (Å²) in [4.78, 5) is 6.32. The number of nitrogens with zero attached hydrogens (tertiary/aromatic N) is 2. The highest BCUT2D eigenvalue weighted by Crippen LogP contribution is 2.37. The van der Waals surface area contributed by atoms with Gasteiger partial charge in [-0.2, -0.15) is 0 Å². The second-order valence-electron chi connectivity index (χ2n) is 6.54. The molecule has 1 aliphatic rings. The van der Waals surface area contributed by atoms with Gasteiger partial charge in [0.1, 0.15) is 5.54 Å². The van der Waals surface area contributed by atoms with Gasteiger partial charge in [-0.05, 0) is 42.4 Å². The molecule has 3 N–H and O–H groups in total. The van der Waals surface area contributed by atoms with Gasteiger partial charge in [-0.3, -0.25) is 4.99 Å². The van der Waals surface area contributed by atoms with Crippen LogP contribution < -0.4 is 11.1 Å². The van der Waals surface area contributed by atoms with Crippen molar-refractivity contribution in [2.75, 3.05) is 12.4 Å². The molecule has 1 aromatic carbocycles. The Morgan fingerprint density at radius 3 is 2.75 bits per heavy atom. The Morgan fingerprint density at radius 1 is 1.39 bits per heavy atom. The molecule has 0 radical (unpaired) electrons. The van der Waals surface area contributed by atoms with Gasteiger partial charge in [-0.15, -0.1) is 6.42 Å². The van der Waals surface area contributed by atoms with Crippen molar-refractivity contribution in [1.29, 1.82) is 0 Å². The average Bonchev–Trinajstić information content (AvgIpc) is 2.73. The molecule has 1 unspecified atom stereocenters. The van der Waals surface area contributed by atoms with Crippen LogP contribution in [0.4, 0.5) is 5.69 Å². The van der Waals surface area contributed by atoms with Crippen molar-refractivity contribution in [3.8, 4) is 12.3 Å². The fourth-order valence-corrected chi connectivity index (χ4v) is 2.94. The van der Waals surface area contributed by atoms with Crippen molar-refractivity contribution in [3.05, 3.63) is 103 Å². The molecule has 0 amide bonds. The number of anilines is 1. The van der Waals surface area contributed by atoms with E-state index in [4.69, 9.17) is 12.2 Å². The molecule has 28 heavy (non-hydrogen) atoms. The van der Waals surface area contributed by atoms with E-state index in [9.17, 15) is 0 Å². The van der Waals surface area contributed by atoms with Crippen LogP contribution in [0.25, 0.3) is 0 Å². The summed E-state index contributed by atoms with van der Waals surface area (Å²) in [7, 11) is 1.96. The standard InChI is InChI=1S/C24H26N4/c1-7-20-12-9-10-13-22(20)27-23(16-18(3)25)24(5)19(4)21(8-2)17-26-14-11-15-28(24)6/h1,8-17,27H,2-4,25H2,5-6H3/b15-11-,21-17-,23-16-,26-14-. The van der Waals surface area contributed by atoms with Gasteiger partial charge < -0.3 is 16.0 Å². The third-order valence-corrected chi connectivity index (χ3v) is 4.76.